The number of aromatic nitrogens is 1. The first kappa shape index (κ1) is 12.3. The van der Waals surface area contributed by atoms with Crippen LogP contribution in [0.1, 0.15) is 6.92 Å². The van der Waals surface area contributed by atoms with Gasteiger partial charge in [0.05, 0.1) is 11.6 Å². The van der Waals surface area contributed by atoms with Crippen molar-refractivity contribution in [2.45, 2.75) is 6.92 Å². The molecular formula is C9H9ClN2O4. The highest BCUT2D eigenvalue weighted by Crippen LogP contribution is 2.09. The number of hydrogen-bond acceptors (Lipinski definition) is 6. The molecule has 1 aromatic heterocycles. The number of halogens is 1. The first-order valence-electron chi connectivity index (χ1n) is 4.39. The molecule has 86 valence electrons. The quantitative estimate of drug-likeness (QED) is 0.489. The molecule has 0 bridgehead atoms. The lowest BCUT2D eigenvalue weighted by atomic mass is 10.5. The highest BCUT2D eigenvalue weighted by atomic mass is 35.5. The second-order valence-electron chi connectivity index (χ2n) is 2.57. The maximum absolute atomic E-state index is 11.0. The van der Waals surface area contributed by atoms with Gasteiger partial charge >= 0.3 is 11.9 Å². The maximum Gasteiger partial charge on any atom is 0.441 e. The molecule has 0 saturated carbocycles. The molecule has 6 nitrogen and oxygen atoms in total. The Bertz CT molecular complexity index is 380. The maximum atomic E-state index is 11.0. The topological polar surface area (TPSA) is 77.5 Å². The Morgan fingerprint density at radius 1 is 1.44 bits per heavy atom. The molecule has 0 radical (unpaired) electrons. The van der Waals surface area contributed by atoms with E-state index in [2.05, 4.69) is 20.0 Å². The fraction of sp³-hybridized carbons (Fsp3) is 0.222. The third-order valence-electron chi connectivity index (χ3n) is 1.42. The summed E-state index contributed by atoms with van der Waals surface area (Å²) >= 11 is 5.59. The predicted octanol–water partition coefficient (Wildman–Crippen LogP) is 1.17. The molecule has 0 aliphatic rings. The summed E-state index contributed by atoms with van der Waals surface area (Å²) in [6.45, 7) is 1.69. The highest BCUT2D eigenvalue weighted by molar-refractivity contribution is 6.30. The molecule has 0 spiro atoms. The summed E-state index contributed by atoms with van der Waals surface area (Å²) in [5.74, 6) is -1.95. The lowest BCUT2D eigenvalue weighted by Gasteiger charge is -2.04. The Morgan fingerprint density at radius 2 is 2.19 bits per heavy atom. The van der Waals surface area contributed by atoms with Crippen LogP contribution in [0.25, 0.3) is 0 Å². The summed E-state index contributed by atoms with van der Waals surface area (Å²) in [7, 11) is 0. The van der Waals surface area contributed by atoms with Crippen LogP contribution in [-0.4, -0.2) is 23.5 Å². The summed E-state index contributed by atoms with van der Waals surface area (Å²) in [6, 6.07) is 3.04. The molecule has 1 N–H and O–H groups in total. The van der Waals surface area contributed by atoms with Crippen LogP contribution in [-0.2, 0) is 19.2 Å². The third-order valence-corrected chi connectivity index (χ3v) is 1.64. The number of anilines is 1. The van der Waals surface area contributed by atoms with E-state index in [-0.39, 0.29) is 12.4 Å². The summed E-state index contributed by atoms with van der Waals surface area (Å²) in [5.41, 5.74) is 2.19. The van der Waals surface area contributed by atoms with Gasteiger partial charge in [-0.15, -0.1) is 0 Å². The van der Waals surface area contributed by atoms with Gasteiger partial charge in [0.15, 0.2) is 5.82 Å². The van der Waals surface area contributed by atoms with Gasteiger partial charge in [0.25, 0.3) is 0 Å². The number of carbonyl (C=O) groups is 2. The molecule has 1 aromatic rings. The van der Waals surface area contributed by atoms with E-state index >= 15 is 0 Å². The van der Waals surface area contributed by atoms with Crippen LogP contribution in [0, 0.1) is 0 Å². The molecule has 0 saturated heterocycles. The van der Waals surface area contributed by atoms with Gasteiger partial charge in [-0.2, -0.15) is 5.48 Å². The standard InChI is InChI=1S/C9H9ClN2O4/c1-2-15-8(13)9(14)16-12-7-4-3-6(10)5-11-7/h3-5H,2H2,1H3,(H,11,12). The van der Waals surface area contributed by atoms with Gasteiger partial charge in [-0.25, -0.2) is 14.6 Å². The summed E-state index contributed by atoms with van der Waals surface area (Å²) < 4.78 is 4.42. The monoisotopic (exact) mass is 244 g/mol. The molecule has 7 heteroatoms. The van der Waals surface area contributed by atoms with Crippen molar-refractivity contribution >= 4 is 29.4 Å². The van der Waals surface area contributed by atoms with Gasteiger partial charge < -0.3 is 9.57 Å². The molecule has 0 unspecified atom stereocenters. The molecule has 0 amide bonds. The van der Waals surface area contributed by atoms with Crippen molar-refractivity contribution in [1.82, 2.24) is 4.98 Å². The van der Waals surface area contributed by atoms with E-state index in [1.54, 1.807) is 13.0 Å². The van der Waals surface area contributed by atoms with Crippen LogP contribution < -0.4 is 5.48 Å². The van der Waals surface area contributed by atoms with E-state index in [1.807, 2.05) is 0 Å². The fourth-order valence-electron chi connectivity index (χ4n) is 0.767. The van der Waals surface area contributed by atoms with E-state index in [0.29, 0.717) is 5.02 Å². The van der Waals surface area contributed by atoms with Gasteiger partial charge in [-0.3, -0.25) is 0 Å². The average Bonchev–Trinajstić information content (AvgIpc) is 2.28. The predicted molar refractivity (Wildman–Crippen MR) is 55.6 cm³/mol. The van der Waals surface area contributed by atoms with Crippen molar-refractivity contribution in [1.29, 1.82) is 0 Å². The SMILES string of the molecule is CCOC(=O)C(=O)ONc1ccc(Cl)cn1. The molecule has 1 heterocycles. The second-order valence-corrected chi connectivity index (χ2v) is 3.01. The van der Waals surface area contributed by atoms with Gasteiger partial charge in [0.1, 0.15) is 0 Å². The van der Waals surface area contributed by atoms with Crippen LogP contribution in [0.3, 0.4) is 0 Å². The number of ether oxygens (including phenoxy) is 1. The van der Waals surface area contributed by atoms with Crippen molar-refractivity contribution in [2.24, 2.45) is 0 Å². The van der Waals surface area contributed by atoms with Crippen LogP contribution >= 0.6 is 11.6 Å². The first-order valence-corrected chi connectivity index (χ1v) is 4.76. The van der Waals surface area contributed by atoms with Gasteiger partial charge in [-0.05, 0) is 19.1 Å². The Labute approximate surface area is 96.5 Å². The zero-order valence-corrected chi connectivity index (χ0v) is 9.15. The fourth-order valence-corrected chi connectivity index (χ4v) is 0.878. The lowest BCUT2D eigenvalue weighted by Crippen LogP contribution is -2.23. The van der Waals surface area contributed by atoms with Crippen molar-refractivity contribution < 1.29 is 19.2 Å². The minimum atomic E-state index is -1.14. The molecule has 0 aliphatic heterocycles. The molecule has 0 aliphatic carbocycles. The Balaban J connectivity index is 2.42. The number of rotatable bonds is 3. The minimum absolute atomic E-state index is 0.104. The van der Waals surface area contributed by atoms with Crippen molar-refractivity contribution in [3.05, 3.63) is 23.4 Å². The molecule has 0 aromatic carbocycles. The summed E-state index contributed by atoms with van der Waals surface area (Å²) in [5, 5.41) is 0.447. The average molecular weight is 245 g/mol. The minimum Gasteiger partial charge on any atom is -0.458 e. The summed E-state index contributed by atoms with van der Waals surface area (Å²) in [6.07, 6.45) is 1.36. The van der Waals surface area contributed by atoms with Gasteiger partial charge in [-0.1, -0.05) is 11.6 Å². The second kappa shape index (κ2) is 5.92. The summed E-state index contributed by atoms with van der Waals surface area (Å²) in [4.78, 5) is 30.0. The largest absolute Gasteiger partial charge is 0.458 e. The van der Waals surface area contributed by atoms with E-state index < -0.39 is 11.9 Å². The molecule has 1 rings (SSSR count). The zero-order chi connectivity index (χ0) is 12.0. The van der Waals surface area contributed by atoms with Crippen molar-refractivity contribution in [3.63, 3.8) is 0 Å². The van der Waals surface area contributed by atoms with E-state index in [9.17, 15) is 9.59 Å². The number of nitrogens with one attached hydrogen (secondary N) is 1. The van der Waals surface area contributed by atoms with Crippen molar-refractivity contribution in [3.8, 4) is 0 Å². The molecule has 0 fully saturated rings. The van der Waals surface area contributed by atoms with Crippen LogP contribution in [0.4, 0.5) is 5.82 Å². The van der Waals surface area contributed by atoms with E-state index in [4.69, 9.17) is 11.6 Å². The molecular weight excluding hydrogens is 236 g/mol. The Kier molecular flexibility index (Phi) is 4.53. The number of hydrogen-bond donors (Lipinski definition) is 1. The molecule has 16 heavy (non-hydrogen) atoms. The van der Waals surface area contributed by atoms with Gasteiger partial charge in [0.2, 0.25) is 0 Å². The number of nitrogens with zero attached hydrogens (tertiary/aromatic N) is 1. The number of esters is 1. The van der Waals surface area contributed by atoms with E-state index in [1.165, 1.54) is 12.3 Å². The van der Waals surface area contributed by atoms with E-state index in [0.717, 1.165) is 0 Å². The Morgan fingerprint density at radius 3 is 2.75 bits per heavy atom. The number of carbonyl (C=O) groups excluding carboxylic acids is 2. The molecule has 0 atom stereocenters. The first-order chi connectivity index (χ1) is 7.63. The van der Waals surface area contributed by atoms with Gasteiger partial charge in [0, 0.05) is 6.20 Å². The number of pyridine rings is 1. The zero-order valence-electron chi connectivity index (χ0n) is 8.40. The third kappa shape index (κ3) is 3.74. The van der Waals surface area contributed by atoms with Crippen LogP contribution in [0.15, 0.2) is 18.3 Å². The van der Waals surface area contributed by atoms with Crippen LogP contribution in [0.2, 0.25) is 5.02 Å². The lowest BCUT2D eigenvalue weighted by molar-refractivity contribution is -0.165. The van der Waals surface area contributed by atoms with Crippen LogP contribution in [0.5, 0.6) is 0 Å². The highest BCUT2D eigenvalue weighted by Gasteiger charge is 2.17. The smallest absolute Gasteiger partial charge is 0.441 e. The normalized spacial score (nSPS) is 9.38. The van der Waals surface area contributed by atoms with Crippen molar-refractivity contribution in [2.75, 3.05) is 12.1 Å². The Hall–Kier alpha value is -1.82.